The molecule has 2 heterocycles. The number of rotatable bonds is 9. The lowest BCUT2D eigenvalue weighted by Crippen LogP contribution is -2.31. The molecule has 1 fully saturated rings. The summed E-state index contributed by atoms with van der Waals surface area (Å²) in [6.07, 6.45) is 5.84. The molecule has 5 rings (SSSR count). The molecule has 0 saturated carbocycles. The molecule has 1 unspecified atom stereocenters. The van der Waals surface area contributed by atoms with Gasteiger partial charge in [-0.15, -0.1) is 0 Å². The van der Waals surface area contributed by atoms with Crippen molar-refractivity contribution in [1.29, 1.82) is 0 Å². The lowest BCUT2D eigenvalue weighted by Gasteiger charge is -2.26. The number of nitrogens with zero attached hydrogens (tertiary/aromatic N) is 3. The Morgan fingerprint density at radius 1 is 0.921 bits per heavy atom. The number of para-hydroxylation sites is 1. The fraction of sp³-hybridized carbons (Fsp3) is 0.167. The average molecular weight is 510 g/mol. The molecule has 0 radical (unpaired) electrons. The van der Waals surface area contributed by atoms with Crippen LogP contribution in [0.4, 0.5) is 0 Å². The molecule has 1 aromatic heterocycles. The van der Waals surface area contributed by atoms with E-state index in [1.807, 2.05) is 59.3 Å². The van der Waals surface area contributed by atoms with E-state index in [1.54, 1.807) is 42.9 Å². The van der Waals surface area contributed by atoms with Gasteiger partial charge in [-0.25, -0.2) is 4.98 Å². The fourth-order valence-corrected chi connectivity index (χ4v) is 4.60. The van der Waals surface area contributed by atoms with Gasteiger partial charge in [0.1, 0.15) is 23.0 Å². The van der Waals surface area contributed by atoms with Crippen molar-refractivity contribution in [1.82, 2.24) is 14.5 Å². The van der Waals surface area contributed by atoms with Crippen molar-refractivity contribution in [2.24, 2.45) is 0 Å². The van der Waals surface area contributed by atoms with Crippen molar-refractivity contribution in [2.75, 3.05) is 13.7 Å². The van der Waals surface area contributed by atoms with E-state index in [0.717, 1.165) is 0 Å². The summed E-state index contributed by atoms with van der Waals surface area (Å²) in [6.45, 7) is 0.939. The number of aliphatic hydroxyl groups is 1. The largest absolute Gasteiger partial charge is 0.507 e. The molecule has 0 spiro atoms. The molecule has 1 saturated heterocycles. The van der Waals surface area contributed by atoms with Gasteiger partial charge in [0, 0.05) is 31.0 Å². The van der Waals surface area contributed by atoms with Gasteiger partial charge in [0.05, 0.1) is 25.1 Å². The normalized spacial score (nSPS) is 16.6. The first-order valence-corrected chi connectivity index (χ1v) is 12.3. The molecular formula is C30H27N3O5. The van der Waals surface area contributed by atoms with Crippen molar-refractivity contribution in [3.63, 3.8) is 0 Å². The average Bonchev–Trinajstić information content (AvgIpc) is 3.56. The number of Topliss-reactive ketones (excluding diaryl/α,β-unsaturated/α-hetero) is 1. The summed E-state index contributed by atoms with van der Waals surface area (Å²) in [6, 6.07) is 22.6. The van der Waals surface area contributed by atoms with Crippen LogP contribution in [0.15, 0.2) is 103 Å². The van der Waals surface area contributed by atoms with Gasteiger partial charge in [0.25, 0.3) is 11.7 Å². The third-order valence-electron chi connectivity index (χ3n) is 6.41. The van der Waals surface area contributed by atoms with Crippen LogP contribution in [0.25, 0.3) is 5.76 Å². The monoisotopic (exact) mass is 509 g/mol. The lowest BCUT2D eigenvalue weighted by atomic mass is 9.95. The molecule has 3 aromatic carbocycles. The number of ketones is 1. The highest BCUT2D eigenvalue weighted by atomic mass is 16.5. The van der Waals surface area contributed by atoms with Crippen molar-refractivity contribution < 1.29 is 24.2 Å². The summed E-state index contributed by atoms with van der Waals surface area (Å²) in [4.78, 5) is 32.2. The predicted molar refractivity (Wildman–Crippen MR) is 142 cm³/mol. The van der Waals surface area contributed by atoms with Crippen molar-refractivity contribution in [3.8, 4) is 17.2 Å². The summed E-state index contributed by atoms with van der Waals surface area (Å²) in [5, 5.41) is 11.3. The number of hydrogen-bond acceptors (Lipinski definition) is 6. The minimum absolute atomic E-state index is 0.0303. The number of methoxy groups -OCH3 is 1. The van der Waals surface area contributed by atoms with E-state index in [9.17, 15) is 14.7 Å². The molecule has 1 atom stereocenters. The highest BCUT2D eigenvalue weighted by molar-refractivity contribution is 6.46. The van der Waals surface area contributed by atoms with Crippen LogP contribution in [0.3, 0.4) is 0 Å². The van der Waals surface area contributed by atoms with Gasteiger partial charge < -0.3 is 24.0 Å². The molecule has 4 aromatic rings. The number of aliphatic hydroxyl groups excluding tert-OH is 1. The van der Waals surface area contributed by atoms with Gasteiger partial charge in [0.15, 0.2) is 0 Å². The van der Waals surface area contributed by atoms with Gasteiger partial charge in [-0.05, 0) is 48.4 Å². The number of carbonyl (C=O) groups excluding carboxylic acids is 2. The van der Waals surface area contributed by atoms with Crippen LogP contribution < -0.4 is 9.47 Å². The van der Waals surface area contributed by atoms with Crippen LogP contribution in [0.1, 0.15) is 23.6 Å². The minimum Gasteiger partial charge on any atom is -0.507 e. The van der Waals surface area contributed by atoms with Crippen LogP contribution in [0, 0.1) is 0 Å². The maximum Gasteiger partial charge on any atom is 0.295 e. The number of aromatic nitrogens is 2. The van der Waals surface area contributed by atoms with Gasteiger partial charge in [-0.3, -0.25) is 9.59 Å². The number of ether oxygens (including phenoxy) is 2. The molecule has 8 heteroatoms. The van der Waals surface area contributed by atoms with Gasteiger partial charge in [0.2, 0.25) is 0 Å². The van der Waals surface area contributed by atoms with Crippen LogP contribution in [0.2, 0.25) is 0 Å². The Kier molecular flexibility index (Phi) is 7.21. The molecular weight excluding hydrogens is 482 g/mol. The first-order valence-electron chi connectivity index (χ1n) is 12.3. The van der Waals surface area contributed by atoms with E-state index in [1.165, 1.54) is 12.0 Å². The Bertz CT molecular complexity index is 1460. The smallest absolute Gasteiger partial charge is 0.295 e. The second-order valence-corrected chi connectivity index (χ2v) is 8.87. The Morgan fingerprint density at radius 2 is 1.68 bits per heavy atom. The van der Waals surface area contributed by atoms with Crippen LogP contribution in [0.5, 0.6) is 17.2 Å². The maximum absolute atomic E-state index is 13.3. The zero-order chi connectivity index (χ0) is 26.5. The summed E-state index contributed by atoms with van der Waals surface area (Å²) in [5.74, 6) is 0.110. The second-order valence-electron chi connectivity index (χ2n) is 8.87. The van der Waals surface area contributed by atoms with E-state index >= 15 is 0 Å². The third kappa shape index (κ3) is 5.15. The standard InChI is InChI=1S/C30H27N3O5/c1-37-24-12-6-9-22(19-24)28(34)26-27(21-8-5-13-25(18-21)38-23-10-3-2-4-11-23)33(30(36)29(26)35)16-7-15-32-17-14-31-20-32/h2-6,8-14,17-20,27,34H,7,15-16H2,1H3/b28-26+. The van der Waals surface area contributed by atoms with Crippen LogP contribution >= 0.6 is 0 Å². The molecule has 38 heavy (non-hydrogen) atoms. The quantitative estimate of drug-likeness (QED) is 0.189. The number of imidazole rings is 1. The van der Waals surface area contributed by atoms with E-state index < -0.39 is 17.7 Å². The number of hydrogen-bond donors (Lipinski definition) is 1. The maximum atomic E-state index is 13.3. The fourth-order valence-electron chi connectivity index (χ4n) is 4.60. The van der Waals surface area contributed by atoms with Gasteiger partial charge in [-0.2, -0.15) is 0 Å². The van der Waals surface area contributed by atoms with Crippen molar-refractivity contribution in [3.05, 3.63) is 114 Å². The number of benzene rings is 3. The van der Waals surface area contributed by atoms with E-state index in [2.05, 4.69) is 4.98 Å². The molecule has 192 valence electrons. The number of aryl methyl sites for hydroxylation is 1. The third-order valence-corrected chi connectivity index (χ3v) is 6.41. The topological polar surface area (TPSA) is 93.9 Å². The van der Waals surface area contributed by atoms with Crippen LogP contribution in [-0.2, 0) is 16.1 Å². The minimum atomic E-state index is -0.789. The zero-order valence-electron chi connectivity index (χ0n) is 20.9. The molecule has 8 nitrogen and oxygen atoms in total. The Morgan fingerprint density at radius 3 is 2.45 bits per heavy atom. The predicted octanol–water partition coefficient (Wildman–Crippen LogP) is 5.20. The Balaban J connectivity index is 1.54. The van der Waals surface area contributed by atoms with Crippen LogP contribution in [-0.4, -0.2) is 44.9 Å². The lowest BCUT2D eigenvalue weighted by molar-refractivity contribution is -0.139. The van der Waals surface area contributed by atoms with E-state index in [-0.39, 0.29) is 11.3 Å². The molecule has 1 aliphatic rings. The molecule has 1 aliphatic heterocycles. The molecule has 0 aliphatic carbocycles. The first-order chi connectivity index (χ1) is 18.5. The van der Waals surface area contributed by atoms with E-state index in [4.69, 9.17) is 9.47 Å². The Labute approximate surface area is 220 Å². The molecule has 1 N–H and O–H groups in total. The van der Waals surface area contributed by atoms with Crippen molar-refractivity contribution in [2.45, 2.75) is 19.0 Å². The highest BCUT2D eigenvalue weighted by Gasteiger charge is 2.46. The van der Waals surface area contributed by atoms with Gasteiger partial charge in [-0.1, -0.05) is 42.5 Å². The highest BCUT2D eigenvalue weighted by Crippen LogP contribution is 2.41. The number of likely N-dealkylation sites (tertiary alicyclic amines) is 1. The van der Waals surface area contributed by atoms with Crippen molar-refractivity contribution >= 4 is 17.4 Å². The summed E-state index contributed by atoms with van der Waals surface area (Å²) < 4.78 is 13.2. The molecule has 0 bridgehead atoms. The SMILES string of the molecule is COc1cccc(/C(O)=C2\C(=O)C(=O)N(CCCn3ccnc3)C2c2cccc(Oc3ccccc3)c2)c1. The Hall–Kier alpha value is -4.85. The summed E-state index contributed by atoms with van der Waals surface area (Å²) >= 11 is 0. The summed E-state index contributed by atoms with van der Waals surface area (Å²) in [5.41, 5.74) is 1.08. The second kappa shape index (κ2) is 11.0. The number of carbonyl (C=O) groups is 2. The van der Waals surface area contributed by atoms with Gasteiger partial charge >= 0.3 is 0 Å². The van der Waals surface area contributed by atoms with E-state index in [0.29, 0.717) is 47.9 Å². The number of amides is 1. The first kappa shape index (κ1) is 24.8. The molecule has 1 amide bonds. The zero-order valence-corrected chi connectivity index (χ0v) is 20.9. The summed E-state index contributed by atoms with van der Waals surface area (Å²) in [7, 11) is 1.52.